The van der Waals surface area contributed by atoms with Crippen molar-refractivity contribution in [3.05, 3.63) is 12.2 Å². The summed E-state index contributed by atoms with van der Waals surface area (Å²) in [6, 6.07) is 0. The molecule has 0 amide bonds. The number of allylic oxidation sites excluding steroid dienone is 2. The molecule has 0 aliphatic rings. The molecule has 0 atom stereocenters. The third-order valence-electron chi connectivity index (χ3n) is 0.753. The molecule has 0 saturated carbocycles. The van der Waals surface area contributed by atoms with Crippen molar-refractivity contribution in [1.82, 2.24) is 0 Å². The molecule has 0 radical (unpaired) electrons. The molecule has 8 heavy (non-hydrogen) atoms. The van der Waals surface area contributed by atoms with E-state index in [4.69, 9.17) is 0 Å². The Kier molecular flexibility index (Phi) is 4.23. The van der Waals surface area contributed by atoms with Gasteiger partial charge in [-0.05, 0) is 5.92 Å². The lowest BCUT2D eigenvalue weighted by Crippen LogP contribution is -1.76. The summed E-state index contributed by atoms with van der Waals surface area (Å²) >= 11 is 0. The average Bonchev–Trinajstić information content (AvgIpc) is 1.66. The molecular formula is C7H12O. The SMILES string of the molecule is CC(C)/C=C/CC=O. The maximum atomic E-state index is 9.74. The summed E-state index contributed by atoms with van der Waals surface area (Å²) in [5, 5.41) is 0. The molecule has 0 unspecified atom stereocenters. The predicted molar refractivity (Wildman–Crippen MR) is 34.7 cm³/mol. The monoisotopic (exact) mass is 112 g/mol. The van der Waals surface area contributed by atoms with Gasteiger partial charge in [0.2, 0.25) is 0 Å². The third-order valence-corrected chi connectivity index (χ3v) is 0.753. The minimum Gasteiger partial charge on any atom is -0.303 e. The second-order valence-corrected chi connectivity index (χ2v) is 2.07. The van der Waals surface area contributed by atoms with Crippen molar-refractivity contribution >= 4 is 6.29 Å². The smallest absolute Gasteiger partial charge is 0.123 e. The first-order chi connectivity index (χ1) is 3.77. The van der Waals surface area contributed by atoms with Crippen LogP contribution < -0.4 is 0 Å². The Balaban J connectivity index is 3.19. The summed E-state index contributed by atoms with van der Waals surface area (Å²) in [6.45, 7) is 4.17. The zero-order valence-corrected chi connectivity index (χ0v) is 5.42. The zero-order chi connectivity index (χ0) is 6.41. The van der Waals surface area contributed by atoms with Crippen LogP contribution in [0.15, 0.2) is 12.2 Å². The van der Waals surface area contributed by atoms with Gasteiger partial charge in [-0.2, -0.15) is 0 Å². The second kappa shape index (κ2) is 4.57. The van der Waals surface area contributed by atoms with Crippen molar-refractivity contribution in [2.75, 3.05) is 0 Å². The van der Waals surface area contributed by atoms with Crippen molar-refractivity contribution in [1.29, 1.82) is 0 Å². The number of hydrogen-bond acceptors (Lipinski definition) is 1. The van der Waals surface area contributed by atoms with Gasteiger partial charge in [-0.1, -0.05) is 26.0 Å². The van der Waals surface area contributed by atoms with Crippen LogP contribution in [-0.4, -0.2) is 6.29 Å². The number of rotatable bonds is 3. The third kappa shape index (κ3) is 5.41. The van der Waals surface area contributed by atoms with E-state index in [1.165, 1.54) is 0 Å². The van der Waals surface area contributed by atoms with Crippen LogP contribution in [0, 0.1) is 5.92 Å². The highest BCUT2D eigenvalue weighted by Gasteiger charge is 1.80. The minimum absolute atomic E-state index is 0.554. The number of hydrogen-bond donors (Lipinski definition) is 0. The molecule has 0 aliphatic carbocycles. The fraction of sp³-hybridized carbons (Fsp3) is 0.571. The average molecular weight is 112 g/mol. The summed E-state index contributed by atoms with van der Waals surface area (Å²) < 4.78 is 0. The Hall–Kier alpha value is -0.590. The Morgan fingerprint density at radius 1 is 1.50 bits per heavy atom. The fourth-order valence-electron chi connectivity index (χ4n) is 0.406. The molecule has 0 aromatic heterocycles. The Bertz CT molecular complexity index is 82.4. The van der Waals surface area contributed by atoms with Gasteiger partial charge in [-0.25, -0.2) is 0 Å². The van der Waals surface area contributed by atoms with Crippen molar-refractivity contribution in [3.63, 3.8) is 0 Å². The van der Waals surface area contributed by atoms with Crippen molar-refractivity contribution in [2.24, 2.45) is 5.92 Å². The van der Waals surface area contributed by atoms with Gasteiger partial charge in [0.05, 0.1) is 0 Å². The lowest BCUT2D eigenvalue weighted by Gasteiger charge is -1.88. The van der Waals surface area contributed by atoms with E-state index in [1.54, 1.807) is 0 Å². The van der Waals surface area contributed by atoms with Gasteiger partial charge in [-0.3, -0.25) is 0 Å². The summed E-state index contributed by atoms with van der Waals surface area (Å²) in [5.74, 6) is 0.565. The molecule has 0 rings (SSSR count). The molecule has 0 aliphatic heterocycles. The van der Waals surface area contributed by atoms with Gasteiger partial charge in [0.25, 0.3) is 0 Å². The topological polar surface area (TPSA) is 17.1 Å². The largest absolute Gasteiger partial charge is 0.303 e. The minimum atomic E-state index is 0.554. The molecule has 0 N–H and O–H groups in total. The van der Waals surface area contributed by atoms with Gasteiger partial charge in [0, 0.05) is 6.42 Å². The van der Waals surface area contributed by atoms with E-state index in [0.717, 1.165) is 6.29 Å². The lowest BCUT2D eigenvalue weighted by atomic mass is 10.2. The van der Waals surface area contributed by atoms with Gasteiger partial charge < -0.3 is 4.79 Å². The molecule has 0 fully saturated rings. The van der Waals surface area contributed by atoms with Gasteiger partial charge in [0.15, 0.2) is 0 Å². The van der Waals surface area contributed by atoms with Gasteiger partial charge in [-0.15, -0.1) is 0 Å². The van der Waals surface area contributed by atoms with Crippen LogP contribution in [0.2, 0.25) is 0 Å². The number of carbonyl (C=O) groups is 1. The summed E-state index contributed by atoms with van der Waals surface area (Å²) in [5.41, 5.74) is 0. The van der Waals surface area contributed by atoms with Crippen LogP contribution >= 0.6 is 0 Å². The van der Waals surface area contributed by atoms with Crippen LogP contribution in [-0.2, 0) is 4.79 Å². The standard InChI is InChI=1S/C7H12O/c1-7(2)5-3-4-6-8/h3,5-7H,4H2,1-2H3/b5-3+. The number of carbonyl (C=O) groups excluding carboxylic acids is 1. The van der Waals surface area contributed by atoms with E-state index in [9.17, 15) is 4.79 Å². The van der Waals surface area contributed by atoms with Crippen molar-refractivity contribution < 1.29 is 4.79 Å². The van der Waals surface area contributed by atoms with Crippen LogP contribution in [0.1, 0.15) is 20.3 Å². The van der Waals surface area contributed by atoms with Crippen LogP contribution in [0.4, 0.5) is 0 Å². The maximum absolute atomic E-state index is 9.74. The van der Waals surface area contributed by atoms with E-state index in [0.29, 0.717) is 12.3 Å². The molecule has 0 spiro atoms. The highest BCUT2D eigenvalue weighted by atomic mass is 16.1. The van der Waals surface area contributed by atoms with Gasteiger partial charge >= 0.3 is 0 Å². The molecule has 0 aromatic carbocycles. The Morgan fingerprint density at radius 3 is 2.50 bits per heavy atom. The molecule has 0 aromatic rings. The van der Waals surface area contributed by atoms with E-state index in [1.807, 2.05) is 12.2 Å². The summed E-state index contributed by atoms with van der Waals surface area (Å²) in [6.07, 6.45) is 5.36. The van der Waals surface area contributed by atoms with E-state index in [2.05, 4.69) is 13.8 Å². The summed E-state index contributed by atoms with van der Waals surface area (Å²) in [4.78, 5) is 9.74. The second-order valence-electron chi connectivity index (χ2n) is 2.07. The first kappa shape index (κ1) is 7.41. The quantitative estimate of drug-likeness (QED) is 0.402. The van der Waals surface area contributed by atoms with Crippen molar-refractivity contribution in [2.45, 2.75) is 20.3 Å². The molecule has 0 heterocycles. The predicted octanol–water partition coefficient (Wildman–Crippen LogP) is 1.79. The highest BCUT2D eigenvalue weighted by Crippen LogP contribution is 1.93. The van der Waals surface area contributed by atoms with Crippen LogP contribution in [0.5, 0.6) is 0 Å². The van der Waals surface area contributed by atoms with E-state index in [-0.39, 0.29) is 0 Å². The normalized spacial score (nSPS) is 10.9. The first-order valence-electron chi connectivity index (χ1n) is 2.87. The molecule has 0 saturated heterocycles. The molecular weight excluding hydrogens is 100 g/mol. The van der Waals surface area contributed by atoms with Crippen molar-refractivity contribution in [3.8, 4) is 0 Å². The molecule has 1 heteroatoms. The summed E-state index contributed by atoms with van der Waals surface area (Å²) in [7, 11) is 0. The number of aldehydes is 1. The maximum Gasteiger partial charge on any atom is 0.123 e. The van der Waals surface area contributed by atoms with Crippen LogP contribution in [0.25, 0.3) is 0 Å². The zero-order valence-electron chi connectivity index (χ0n) is 5.42. The molecule has 0 bridgehead atoms. The molecule has 46 valence electrons. The Morgan fingerprint density at radius 2 is 2.12 bits per heavy atom. The van der Waals surface area contributed by atoms with E-state index >= 15 is 0 Å². The highest BCUT2D eigenvalue weighted by molar-refractivity contribution is 5.51. The van der Waals surface area contributed by atoms with Gasteiger partial charge in [0.1, 0.15) is 6.29 Å². The van der Waals surface area contributed by atoms with Crippen LogP contribution in [0.3, 0.4) is 0 Å². The first-order valence-corrected chi connectivity index (χ1v) is 2.87. The fourth-order valence-corrected chi connectivity index (χ4v) is 0.406. The molecule has 1 nitrogen and oxygen atoms in total. The van der Waals surface area contributed by atoms with E-state index < -0.39 is 0 Å². The lowest BCUT2D eigenvalue weighted by molar-refractivity contribution is -0.107. The Labute approximate surface area is 50.4 Å².